The Morgan fingerprint density at radius 2 is 1.76 bits per heavy atom. The van der Waals surface area contributed by atoms with Gasteiger partial charge in [-0.05, 0) is 59.2 Å². The van der Waals surface area contributed by atoms with Crippen molar-refractivity contribution >= 4 is 23.5 Å². The monoisotopic (exact) mass is 519 g/mol. The summed E-state index contributed by atoms with van der Waals surface area (Å²) in [6.07, 6.45) is 2.36. The van der Waals surface area contributed by atoms with E-state index in [0.29, 0.717) is 17.4 Å². The third-order valence-corrected chi connectivity index (χ3v) is 7.26. The zero-order valence-corrected chi connectivity index (χ0v) is 22.4. The number of aliphatic carboxylic acids is 1. The summed E-state index contributed by atoms with van der Waals surface area (Å²) in [4.78, 5) is 25.7. The number of benzene rings is 3. The highest BCUT2D eigenvalue weighted by Crippen LogP contribution is 2.38. The number of aryl methyl sites for hydroxylation is 1. The van der Waals surface area contributed by atoms with Crippen LogP contribution in [0.1, 0.15) is 60.9 Å². The first-order valence-electron chi connectivity index (χ1n) is 12.7. The number of carbonyl (C=O) groups is 2. The summed E-state index contributed by atoms with van der Waals surface area (Å²) in [6, 6.07) is 22.0. The van der Waals surface area contributed by atoms with Crippen molar-refractivity contribution in [3.05, 3.63) is 99.6 Å². The highest BCUT2D eigenvalue weighted by atomic mass is 35.5. The van der Waals surface area contributed by atoms with Gasteiger partial charge in [0, 0.05) is 30.8 Å². The Morgan fingerprint density at radius 1 is 1.05 bits per heavy atom. The Balaban J connectivity index is 1.38. The van der Waals surface area contributed by atoms with Crippen molar-refractivity contribution in [2.75, 3.05) is 6.54 Å². The number of halogens is 1. The predicted octanol–water partition coefficient (Wildman–Crippen LogP) is 6.45. The number of carbonyl (C=O) groups excluding carboxylic acids is 1. The van der Waals surface area contributed by atoms with Gasteiger partial charge in [-0.3, -0.25) is 9.59 Å². The molecular formula is C31H34ClNO4. The van der Waals surface area contributed by atoms with Gasteiger partial charge in [0.1, 0.15) is 17.9 Å². The number of carboxylic acid groups (broad SMARTS) is 1. The fourth-order valence-corrected chi connectivity index (χ4v) is 5.11. The van der Waals surface area contributed by atoms with Gasteiger partial charge in [0.15, 0.2) is 0 Å². The molecule has 1 amide bonds. The Hall–Kier alpha value is -3.31. The van der Waals surface area contributed by atoms with Crippen molar-refractivity contribution in [3.63, 3.8) is 0 Å². The SMILES string of the molecule is CC(C)c1ccc(C[C@]2(C)Cc3cc(CCC(=O)N(CC(=O)O)Cc4ccccc4Cl)ccc3O2)cc1. The van der Waals surface area contributed by atoms with Crippen LogP contribution in [-0.4, -0.2) is 34.0 Å². The van der Waals surface area contributed by atoms with Crippen molar-refractivity contribution in [2.24, 2.45) is 0 Å². The van der Waals surface area contributed by atoms with E-state index in [-0.39, 0.29) is 31.0 Å². The summed E-state index contributed by atoms with van der Waals surface area (Å²) in [5, 5.41) is 9.84. The smallest absolute Gasteiger partial charge is 0.323 e. The molecule has 1 heterocycles. The Kier molecular flexibility index (Phi) is 8.23. The van der Waals surface area contributed by atoms with E-state index >= 15 is 0 Å². The highest BCUT2D eigenvalue weighted by molar-refractivity contribution is 6.31. The standard InChI is InChI=1S/C31H34ClNO4/c1-21(2)24-12-8-23(9-13-24)17-31(3)18-26-16-22(10-14-28(26)37-31)11-15-29(34)33(20-30(35)36)19-25-6-4-5-7-27(25)32/h4-10,12-14,16,21H,11,15,17-20H2,1-3H3,(H,35,36)/t31-/m1/s1. The predicted molar refractivity (Wildman–Crippen MR) is 146 cm³/mol. The Labute approximate surface area is 224 Å². The van der Waals surface area contributed by atoms with Crippen LogP contribution in [0, 0.1) is 0 Å². The fraction of sp³-hybridized carbons (Fsp3) is 0.355. The molecule has 1 aliphatic rings. The summed E-state index contributed by atoms with van der Waals surface area (Å²) < 4.78 is 6.36. The molecule has 37 heavy (non-hydrogen) atoms. The zero-order chi connectivity index (χ0) is 26.6. The second-order valence-electron chi connectivity index (χ2n) is 10.5. The van der Waals surface area contributed by atoms with Crippen LogP contribution in [0.2, 0.25) is 5.02 Å². The maximum absolute atomic E-state index is 13.0. The number of hydrogen-bond acceptors (Lipinski definition) is 3. The second kappa shape index (κ2) is 11.4. The number of amides is 1. The number of carboxylic acids is 1. The molecule has 0 aliphatic carbocycles. The van der Waals surface area contributed by atoms with Crippen molar-refractivity contribution in [3.8, 4) is 5.75 Å². The van der Waals surface area contributed by atoms with Gasteiger partial charge in [0.05, 0.1) is 0 Å². The maximum Gasteiger partial charge on any atom is 0.323 e. The molecule has 194 valence electrons. The number of fused-ring (bicyclic) bond motifs is 1. The lowest BCUT2D eigenvalue weighted by molar-refractivity contribution is -0.144. The van der Waals surface area contributed by atoms with Gasteiger partial charge in [0.25, 0.3) is 0 Å². The van der Waals surface area contributed by atoms with Crippen LogP contribution in [0.3, 0.4) is 0 Å². The van der Waals surface area contributed by atoms with Gasteiger partial charge in [0.2, 0.25) is 5.91 Å². The molecular weight excluding hydrogens is 486 g/mol. The molecule has 0 saturated heterocycles. The Morgan fingerprint density at radius 3 is 2.43 bits per heavy atom. The van der Waals surface area contributed by atoms with E-state index < -0.39 is 5.97 Å². The molecule has 6 heteroatoms. The maximum atomic E-state index is 13.0. The minimum absolute atomic E-state index is 0.166. The molecule has 0 saturated carbocycles. The average Bonchev–Trinajstić information content (AvgIpc) is 3.18. The molecule has 0 aromatic heterocycles. The minimum atomic E-state index is -1.05. The number of ether oxygens (including phenoxy) is 1. The van der Waals surface area contributed by atoms with Crippen LogP contribution in [-0.2, 0) is 35.4 Å². The van der Waals surface area contributed by atoms with Gasteiger partial charge in [-0.15, -0.1) is 0 Å². The van der Waals surface area contributed by atoms with Gasteiger partial charge in [-0.25, -0.2) is 0 Å². The molecule has 1 N–H and O–H groups in total. The summed E-state index contributed by atoms with van der Waals surface area (Å²) >= 11 is 6.23. The fourth-order valence-electron chi connectivity index (χ4n) is 4.92. The van der Waals surface area contributed by atoms with Crippen LogP contribution in [0.5, 0.6) is 5.75 Å². The van der Waals surface area contributed by atoms with E-state index in [1.807, 2.05) is 18.2 Å². The minimum Gasteiger partial charge on any atom is -0.487 e. The van der Waals surface area contributed by atoms with E-state index in [4.69, 9.17) is 16.3 Å². The first kappa shape index (κ1) is 26.7. The van der Waals surface area contributed by atoms with E-state index in [1.165, 1.54) is 16.0 Å². The summed E-state index contributed by atoms with van der Waals surface area (Å²) in [7, 11) is 0. The van der Waals surface area contributed by atoms with Crippen molar-refractivity contribution in [1.29, 1.82) is 0 Å². The molecule has 3 aromatic carbocycles. The van der Waals surface area contributed by atoms with Gasteiger partial charge in [-0.2, -0.15) is 0 Å². The van der Waals surface area contributed by atoms with Crippen molar-refractivity contribution < 1.29 is 19.4 Å². The lowest BCUT2D eigenvalue weighted by Gasteiger charge is -2.24. The normalized spacial score (nSPS) is 16.4. The average molecular weight is 520 g/mol. The first-order chi connectivity index (χ1) is 17.6. The molecule has 3 aromatic rings. The molecule has 0 unspecified atom stereocenters. The van der Waals surface area contributed by atoms with Crippen molar-refractivity contribution in [1.82, 2.24) is 4.90 Å². The third-order valence-electron chi connectivity index (χ3n) is 6.90. The van der Waals surface area contributed by atoms with E-state index in [2.05, 4.69) is 51.1 Å². The molecule has 5 nitrogen and oxygen atoms in total. The largest absolute Gasteiger partial charge is 0.487 e. The van der Waals surface area contributed by atoms with Crippen LogP contribution in [0.4, 0.5) is 0 Å². The van der Waals surface area contributed by atoms with E-state index in [9.17, 15) is 14.7 Å². The molecule has 1 aliphatic heterocycles. The quantitative estimate of drug-likeness (QED) is 0.334. The lowest BCUT2D eigenvalue weighted by atomic mass is 9.90. The van der Waals surface area contributed by atoms with Crippen LogP contribution < -0.4 is 4.74 Å². The molecule has 0 fully saturated rings. The summed E-state index contributed by atoms with van der Waals surface area (Å²) in [5.74, 6) is 0.138. The van der Waals surface area contributed by atoms with Gasteiger partial charge in [-0.1, -0.05) is 80.0 Å². The molecule has 0 bridgehead atoms. The van der Waals surface area contributed by atoms with E-state index in [0.717, 1.165) is 35.3 Å². The van der Waals surface area contributed by atoms with Crippen molar-refractivity contribution in [2.45, 2.75) is 64.5 Å². The molecule has 0 spiro atoms. The summed E-state index contributed by atoms with van der Waals surface area (Å²) in [5.41, 5.74) is 5.18. The second-order valence-corrected chi connectivity index (χ2v) is 10.9. The number of hydrogen-bond donors (Lipinski definition) is 1. The molecule has 4 rings (SSSR count). The zero-order valence-electron chi connectivity index (χ0n) is 21.7. The van der Waals surface area contributed by atoms with Crippen LogP contribution in [0.15, 0.2) is 66.7 Å². The third kappa shape index (κ3) is 6.92. The topological polar surface area (TPSA) is 66.8 Å². The van der Waals surface area contributed by atoms with Gasteiger partial charge >= 0.3 is 5.97 Å². The molecule has 0 radical (unpaired) electrons. The van der Waals surface area contributed by atoms with E-state index in [1.54, 1.807) is 18.2 Å². The van der Waals surface area contributed by atoms with Gasteiger partial charge < -0.3 is 14.7 Å². The number of nitrogens with zero attached hydrogens (tertiary/aromatic N) is 1. The number of rotatable bonds is 10. The Bertz CT molecular complexity index is 1270. The van der Waals surface area contributed by atoms with Crippen LogP contribution >= 0.6 is 11.6 Å². The summed E-state index contributed by atoms with van der Waals surface area (Å²) in [6.45, 7) is 6.34. The first-order valence-corrected chi connectivity index (χ1v) is 13.1. The lowest BCUT2D eigenvalue weighted by Crippen LogP contribution is -2.35. The highest BCUT2D eigenvalue weighted by Gasteiger charge is 2.35. The van der Waals surface area contributed by atoms with Crippen LogP contribution in [0.25, 0.3) is 0 Å². The molecule has 1 atom stereocenters.